The van der Waals surface area contributed by atoms with Crippen molar-refractivity contribution >= 4 is 34.0 Å². The average molecular weight is 596 g/mol. The second-order valence-electron chi connectivity index (χ2n) is 13.0. The Morgan fingerprint density at radius 1 is 0.867 bits per heavy atom. The third-order valence-electron chi connectivity index (χ3n) is 9.22. The fraction of sp³-hybridized carbons (Fsp3) is 0.231. The zero-order valence-electron chi connectivity index (χ0n) is 26.1. The van der Waals surface area contributed by atoms with Gasteiger partial charge in [0.25, 0.3) is 0 Å². The Labute approximate surface area is 263 Å². The van der Waals surface area contributed by atoms with Gasteiger partial charge in [-0.05, 0) is 66.8 Å². The molecule has 1 aliphatic heterocycles. The zero-order chi connectivity index (χ0) is 31.3. The van der Waals surface area contributed by atoms with Crippen LogP contribution in [0.4, 0.5) is 11.4 Å². The molecule has 0 fully saturated rings. The Morgan fingerprint density at radius 2 is 1.60 bits per heavy atom. The first-order valence-electron chi connectivity index (χ1n) is 15.4. The predicted molar refractivity (Wildman–Crippen MR) is 180 cm³/mol. The minimum Gasteiger partial charge on any atom is -0.497 e. The van der Waals surface area contributed by atoms with Gasteiger partial charge in [0.15, 0.2) is 5.78 Å². The van der Waals surface area contributed by atoms with E-state index in [1.54, 1.807) is 7.11 Å². The van der Waals surface area contributed by atoms with Crippen molar-refractivity contribution in [3.8, 4) is 5.75 Å². The number of aromatic nitrogens is 1. The minimum absolute atomic E-state index is 0.0195. The Balaban J connectivity index is 1.54. The van der Waals surface area contributed by atoms with Gasteiger partial charge in [-0.25, -0.2) is 0 Å². The maximum Gasteiger partial charge on any atom is 0.247 e. The van der Waals surface area contributed by atoms with Gasteiger partial charge in [-0.3, -0.25) is 9.59 Å². The van der Waals surface area contributed by atoms with Gasteiger partial charge < -0.3 is 19.9 Å². The van der Waals surface area contributed by atoms with Gasteiger partial charge in [-0.2, -0.15) is 0 Å². The lowest BCUT2D eigenvalue weighted by atomic mass is 9.62. The van der Waals surface area contributed by atoms with Crippen molar-refractivity contribution in [3.63, 3.8) is 0 Å². The molecule has 0 saturated carbocycles. The van der Waals surface area contributed by atoms with Gasteiger partial charge in [-0.15, -0.1) is 0 Å². The van der Waals surface area contributed by atoms with E-state index >= 15 is 4.79 Å². The SMILES string of the molecule is COc1ccc(NC2=C([C@@]3(c4c[nH]c5ccc(C)cc45)C(=O)N(Cc4ccccc4)c4ccccc43)C(=O)CC(C)(C)C2)cc1. The largest absolute Gasteiger partial charge is 0.497 e. The molecule has 2 heterocycles. The van der Waals surface area contributed by atoms with Gasteiger partial charge in [0.2, 0.25) is 5.91 Å². The normalized spacial score (nSPS) is 19.2. The number of carbonyl (C=O) groups is 2. The van der Waals surface area contributed by atoms with Crippen molar-refractivity contribution in [3.05, 3.63) is 137 Å². The molecule has 1 aliphatic carbocycles. The second-order valence-corrected chi connectivity index (χ2v) is 13.0. The molecule has 1 aromatic heterocycles. The number of amides is 1. The molecule has 0 unspecified atom stereocenters. The molecule has 2 aliphatic rings. The van der Waals surface area contributed by atoms with E-state index in [0.29, 0.717) is 25.0 Å². The fourth-order valence-electron chi connectivity index (χ4n) is 7.27. The lowest BCUT2D eigenvalue weighted by Crippen LogP contribution is -2.47. The molecule has 0 radical (unpaired) electrons. The predicted octanol–water partition coefficient (Wildman–Crippen LogP) is 8.07. The molecule has 5 aromatic rings. The summed E-state index contributed by atoms with van der Waals surface area (Å²) in [5.74, 6) is 0.609. The minimum atomic E-state index is -1.36. The Kier molecular flexibility index (Phi) is 6.88. The summed E-state index contributed by atoms with van der Waals surface area (Å²) in [6.07, 6.45) is 2.89. The molecule has 1 atom stereocenters. The van der Waals surface area contributed by atoms with E-state index in [0.717, 1.165) is 56.0 Å². The molecule has 4 aromatic carbocycles. The number of hydrogen-bond acceptors (Lipinski definition) is 4. The highest BCUT2D eigenvalue weighted by Crippen LogP contribution is 2.56. The van der Waals surface area contributed by atoms with Gasteiger partial charge >= 0.3 is 0 Å². The number of H-pyrrole nitrogens is 1. The topological polar surface area (TPSA) is 74.4 Å². The van der Waals surface area contributed by atoms with E-state index < -0.39 is 5.41 Å². The van der Waals surface area contributed by atoms with E-state index in [9.17, 15) is 4.79 Å². The average Bonchev–Trinajstić information content (AvgIpc) is 3.54. The summed E-state index contributed by atoms with van der Waals surface area (Å²) in [5, 5.41) is 4.57. The van der Waals surface area contributed by atoms with Crippen molar-refractivity contribution in [2.45, 2.75) is 45.6 Å². The van der Waals surface area contributed by atoms with Crippen molar-refractivity contribution in [1.82, 2.24) is 4.98 Å². The Hall–Kier alpha value is -5.10. The number of rotatable bonds is 7. The third-order valence-corrected chi connectivity index (χ3v) is 9.22. The first-order chi connectivity index (χ1) is 21.7. The molecule has 0 saturated heterocycles. The van der Waals surface area contributed by atoms with Crippen LogP contribution >= 0.6 is 0 Å². The number of Topliss-reactive ketones (excluding diaryl/α,β-unsaturated/α-hetero) is 1. The molecule has 0 bridgehead atoms. The lowest BCUT2D eigenvalue weighted by Gasteiger charge is -2.40. The van der Waals surface area contributed by atoms with Gasteiger partial charge in [0.05, 0.1) is 13.7 Å². The van der Waals surface area contributed by atoms with Crippen molar-refractivity contribution < 1.29 is 14.3 Å². The monoisotopic (exact) mass is 595 g/mol. The second kappa shape index (κ2) is 10.8. The summed E-state index contributed by atoms with van der Waals surface area (Å²) in [5.41, 5.74) is 5.94. The zero-order valence-corrected chi connectivity index (χ0v) is 26.1. The van der Waals surface area contributed by atoms with Crippen LogP contribution in [-0.2, 0) is 21.5 Å². The first-order valence-corrected chi connectivity index (χ1v) is 15.4. The standard InChI is InChI=1S/C39H37N3O3/c1-25-14-19-32-29(20-25)31(23-40-32)39(30-12-8-9-13-34(30)42(37(39)44)24-26-10-6-5-7-11-26)36-33(21-38(2,3)22-35(36)43)41-27-15-17-28(45-4)18-16-27/h5-20,23,40-41H,21-22,24H2,1-4H3/t39-/m1/s1. The highest BCUT2D eigenvalue weighted by atomic mass is 16.5. The Morgan fingerprint density at radius 3 is 2.36 bits per heavy atom. The Bertz CT molecular complexity index is 1970. The number of ketones is 1. The van der Waals surface area contributed by atoms with Crippen molar-refractivity contribution in [2.24, 2.45) is 5.41 Å². The number of aromatic amines is 1. The summed E-state index contributed by atoms with van der Waals surface area (Å²) < 4.78 is 5.39. The number of fused-ring (bicyclic) bond motifs is 2. The van der Waals surface area contributed by atoms with Crippen LogP contribution in [0.15, 0.2) is 115 Å². The van der Waals surface area contributed by atoms with Crippen LogP contribution in [0.3, 0.4) is 0 Å². The summed E-state index contributed by atoms with van der Waals surface area (Å²) >= 11 is 0. The quantitative estimate of drug-likeness (QED) is 0.200. The van der Waals surface area contributed by atoms with Crippen LogP contribution in [0.2, 0.25) is 0 Å². The number of hydrogen-bond donors (Lipinski definition) is 2. The number of nitrogens with zero attached hydrogens (tertiary/aromatic N) is 1. The number of aryl methyl sites for hydroxylation is 1. The highest BCUT2D eigenvalue weighted by Gasteiger charge is 2.59. The summed E-state index contributed by atoms with van der Waals surface area (Å²) in [6, 6.07) is 31.9. The number of nitrogens with one attached hydrogen (secondary N) is 2. The maximum absolute atomic E-state index is 15.5. The molecule has 1 amide bonds. The molecule has 6 nitrogen and oxygen atoms in total. The van der Waals surface area contributed by atoms with Crippen LogP contribution in [0.1, 0.15) is 48.9 Å². The van der Waals surface area contributed by atoms with Crippen LogP contribution in [-0.4, -0.2) is 23.8 Å². The highest BCUT2D eigenvalue weighted by molar-refractivity contribution is 6.21. The van der Waals surface area contributed by atoms with Gasteiger partial charge in [0, 0.05) is 57.3 Å². The maximum atomic E-state index is 15.5. The van der Waals surface area contributed by atoms with E-state index in [1.165, 1.54) is 0 Å². The molecule has 45 heavy (non-hydrogen) atoms. The molecule has 6 heteroatoms. The molecule has 0 spiro atoms. The summed E-state index contributed by atoms with van der Waals surface area (Å²) in [6.45, 7) is 6.68. The van der Waals surface area contributed by atoms with E-state index in [2.05, 4.69) is 43.2 Å². The third kappa shape index (κ3) is 4.72. The number of allylic oxidation sites excluding steroid dienone is 1. The number of para-hydroxylation sites is 1. The van der Waals surface area contributed by atoms with Gasteiger partial charge in [-0.1, -0.05) is 74.0 Å². The number of carbonyl (C=O) groups excluding carboxylic acids is 2. The van der Waals surface area contributed by atoms with Crippen molar-refractivity contribution in [2.75, 3.05) is 17.3 Å². The molecular formula is C39H37N3O3. The smallest absolute Gasteiger partial charge is 0.247 e. The van der Waals surface area contributed by atoms with Crippen LogP contribution in [0.25, 0.3) is 10.9 Å². The number of benzene rings is 4. The van der Waals surface area contributed by atoms with Gasteiger partial charge in [0.1, 0.15) is 11.2 Å². The van der Waals surface area contributed by atoms with Crippen LogP contribution in [0.5, 0.6) is 5.75 Å². The van der Waals surface area contributed by atoms with E-state index in [1.807, 2.05) is 96.0 Å². The molecule has 226 valence electrons. The molecule has 7 rings (SSSR count). The van der Waals surface area contributed by atoms with Crippen LogP contribution in [0, 0.1) is 12.3 Å². The molecular weight excluding hydrogens is 558 g/mol. The number of ether oxygens (including phenoxy) is 1. The van der Waals surface area contributed by atoms with Crippen LogP contribution < -0.4 is 15.0 Å². The van der Waals surface area contributed by atoms with E-state index in [-0.39, 0.29) is 17.1 Å². The van der Waals surface area contributed by atoms with E-state index in [4.69, 9.17) is 4.74 Å². The number of anilines is 2. The lowest BCUT2D eigenvalue weighted by molar-refractivity contribution is -0.125. The molecule has 2 N–H and O–H groups in total. The number of methoxy groups -OCH3 is 1. The summed E-state index contributed by atoms with van der Waals surface area (Å²) in [7, 11) is 1.64. The summed E-state index contributed by atoms with van der Waals surface area (Å²) in [4.78, 5) is 35.5. The fourth-order valence-corrected chi connectivity index (χ4v) is 7.27. The van der Waals surface area contributed by atoms with Crippen molar-refractivity contribution in [1.29, 1.82) is 0 Å². The first kappa shape index (κ1) is 28.7.